The summed E-state index contributed by atoms with van der Waals surface area (Å²) in [4.78, 5) is 16.2. The number of pyridine rings is 1. The number of amides is 1. The van der Waals surface area contributed by atoms with Crippen molar-refractivity contribution in [3.05, 3.63) is 30.1 Å². The molecule has 0 aromatic carbocycles. The minimum atomic E-state index is 0.184. The van der Waals surface area contributed by atoms with Crippen LogP contribution in [0, 0.1) is 0 Å². The van der Waals surface area contributed by atoms with Crippen LogP contribution in [0.1, 0.15) is 63.4 Å². The van der Waals surface area contributed by atoms with Gasteiger partial charge in [0, 0.05) is 24.9 Å². The van der Waals surface area contributed by atoms with E-state index in [0.29, 0.717) is 12.5 Å². The summed E-state index contributed by atoms with van der Waals surface area (Å²) in [5.41, 5.74) is 1.14. The Morgan fingerprint density at radius 3 is 2.74 bits per heavy atom. The summed E-state index contributed by atoms with van der Waals surface area (Å²) < 4.78 is 0. The molecule has 0 bridgehead atoms. The quantitative estimate of drug-likeness (QED) is 0.843. The van der Waals surface area contributed by atoms with Gasteiger partial charge in [0.1, 0.15) is 0 Å². The van der Waals surface area contributed by atoms with Gasteiger partial charge in [0.25, 0.3) is 0 Å². The van der Waals surface area contributed by atoms with Crippen molar-refractivity contribution in [2.45, 2.75) is 63.8 Å². The molecule has 104 valence electrons. The maximum Gasteiger partial charge on any atom is 0.220 e. The summed E-state index contributed by atoms with van der Waals surface area (Å²) in [5.74, 6) is 0.419. The highest BCUT2D eigenvalue weighted by atomic mass is 16.1. The van der Waals surface area contributed by atoms with Crippen molar-refractivity contribution in [2.75, 3.05) is 0 Å². The summed E-state index contributed by atoms with van der Waals surface area (Å²) in [6, 6.07) is 4.36. The minimum Gasteiger partial charge on any atom is -0.353 e. The van der Waals surface area contributed by atoms with E-state index in [4.69, 9.17) is 0 Å². The minimum absolute atomic E-state index is 0.184. The van der Waals surface area contributed by atoms with Gasteiger partial charge >= 0.3 is 0 Å². The lowest BCUT2D eigenvalue weighted by Gasteiger charge is -2.18. The Labute approximate surface area is 115 Å². The Morgan fingerprint density at radius 2 is 2.11 bits per heavy atom. The number of aromatic nitrogens is 1. The van der Waals surface area contributed by atoms with E-state index in [9.17, 15) is 4.79 Å². The molecule has 1 heterocycles. The Kier molecular flexibility index (Phi) is 5.37. The molecule has 0 aliphatic heterocycles. The molecule has 2 rings (SSSR count). The Bertz CT molecular complexity index is 383. The molecule has 1 saturated carbocycles. The zero-order valence-corrected chi connectivity index (χ0v) is 11.8. The van der Waals surface area contributed by atoms with Gasteiger partial charge in [-0.25, -0.2) is 0 Å². The standard InChI is InChI=1S/C16H24N2O/c1-13(14-7-6-10-17-12-14)11-16(19)18-15-8-4-2-3-5-9-15/h6-7,10,12-13,15H,2-5,8-9,11H2,1H3,(H,18,19). The molecule has 1 aromatic heterocycles. The van der Waals surface area contributed by atoms with E-state index >= 15 is 0 Å². The molecular formula is C16H24N2O. The predicted octanol–water partition coefficient (Wildman–Crippen LogP) is 3.41. The zero-order valence-electron chi connectivity index (χ0n) is 11.8. The molecule has 1 N–H and O–H groups in total. The SMILES string of the molecule is CC(CC(=O)NC1CCCCCC1)c1cccnc1. The van der Waals surface area contributed by atoms with Crippen molar-refractivity contribution in [2.24, 2.45) is 0 Å². The molecule has 1 fully saturated rings. The van der Waals surface area contributed by atoms with Gasteiger partial charge in [0.15, 0.2) is 0 Å². The van der Waals surface area contributed by atoms with E-state index in [0.717, 1.165) is 18.4 Å². The average Bonchev–Trinajstić information content (AvgIpc) is 2.68. The number of hydrogen-bond acceptors (Lipinski definition) is 2. The molecule has 3 heteroatoms. The Balaban J connectivity index is 1.80. The van der Waals surface area contributed by atoms with Crippen molar-refractivity contribution in [3.63, 3.8) is 0 Å². The summed E-state index contributed by atoms with van der Waals surface area (Å²) >= 11 is 0. The molecule has 0 saturated heterocycles. The maximum atomic E-state index is 12.1. The number of rotatable bonds is 4. The van der Waals surface area contributed by atoms with Gasteiger partial charge in [-0.15, -0.1) is 0 Å². The van der Waals surface area contributed by atoms with Crippen LogP contribution in [0.4, 0.5) is 0 Å². The summed E-state index contributed by atoms with van der Waals surface area (Å²) in [5, 5.41) is 3.20. The fourth-order valence-corrected chi connectivity index (χ4v) is 2.77. The number of carbonyl (C=O) groups excluding carboxylic acids is 1. The second-order valence-electron chi connectivity index (χ2n) is 5.65. The van der Waals surface area contributed by atoms with Crippen molar-refractivity contribution >= 4 is 5.91 Å². The first kappa shape index (κ1) is 14.0. The maximum absolute atomic E-state index is 12.1. The van der Waals surface area contributed by atoms with E-state index in [1.54, 1.807) is 6.20 Å². The predicted molar refractivity (Wildman–Crippen MR) is 76.9 cm³/mol. The normalized spacial score (nSPS) is 18.6. The van der Waals surface area contributed by atoms with Gasteiger partial charge in [-0.3, -0.25) is 9.78 Å². The van der Waals surface area contributed by atoms with Gasteiger partial charge in [-0.1, -0.05) is 38.7 Å². The van der Waals surface area contributed by atoms with Crippen molar-refractivity contribution < 1.29 is 4.79 Å². The molecule has 19 heavy (non-hydrogen) atoms. The molecule has 1 aromatic rings. The van der Waals surface area contributed by atoms with Crippen LogP contribution in [-0.2, 0) is 4.79 Å². The van der Waals surface area contributed by atoms with E-state index < -0.39 is 0 Å². The fraction of sp³-hybridized carbons (Fsp3) is 0.625. The largest absolute Gasteiger partial charge is 0.353 e. The summed E-state index contributed by atoms with van der Waals surface area (Å²) in [6.07, 6.45) is 11.6. The summed E-state index contributed by atoms with van der Waals surface area (Å²) in [6.45, 7) is 2.09. The molecule has 0 spiro atoms. The Hall–Kier alpha value is -1.38. The first-order chi connectivity index (χ1) is 9.25. The highest BCUT2D eigenvalue weighted by molar-refractivity contribution is 5.77. The highest BCUT2D eigenvalue weighted by Gasteiger charge is 2.17. The van der Waals surface area contributed by atoms with Crippen molar-refractivity contribution in [3.8, 4) is 0 Å². The molecule has 0 radical (unpaired) electrons. The fourth-order valence-electron chi connectivity index (χ4n) is 2.77. The monoisotopic (exact) mass is 260 g/mol. The second-order valence-corrected chi connectivity index (χ2v) is 5.65. The van der Waals surface area contributed by atoms with Crippen LogP contribution in [0.5, 0.6) is 0 Å². The van der Waals surface area contributed by atoms with E-state index in [1.165, 1.54) is 25.7 Å². The lowest BCUT2D eigenvalue weighted by molar-refractivity contribution is -0.122. The van der Waals surface area contributed by atoms with Gasteiger partial charge < -0.3 is 5.32 Å². The van der Waals surface area contributed by atoms with Crippen LogP contribution in [0.25, 0.3) is 0 Å². The first-order valence-corrected chi connectivity index (χ1v) is 7.45. The van der Waals surface area contributed by atoms with Gasteiger partial charge in [-0.2, -0.15) is 0 Å². The third-order valence-corrected chi connectivity index (χ3v) is 3.97. The lowest BCUT2D eigenvalue weighted by Crippen LogP contribution is -2.34. The van der Waals surface area contributed by atoms with Crippen LogP contribution in [-0.4, -0.2) is 16.9 Å². The number of nitrogens with one attached hydrogen (secondary N) is 1. The van der Waals surface area contributed by atoms with E-state index in [-0.39, 0.29) is 11.8 Å². The van der Waals surface area contributed by atoms with Crippen LogP contribution in [0.15, 0.2) is 24.5 Å². The number of hydrogen-bond donors (Lipinski definition) is 1. The van der Waals surface area contributed by atoms with Crippen LogP contribution in [0.2, 0.25) is 0 Å². The molecule has 1 amide bonds. The van der Waals surface area contributed by atoms with Crippen LogP contribution < -0.4 is 5.32 Å². The zero-order chi connectivity index (χ0) is 13.5. The third kappa shape index (κ3) is 4.66. The van der Waals surface area contributed by atoms with E-state index in [2.05, 4.69) is 17.2 Å². The number of carbonyl (C=O) groups is 1. The topological polar surface area (TPSA) is 42.0 Å². The van der Waals surface area contributed by atoms with Crippen LogP contribution in [0.3, 0.4) is 0 Å². The van der Waals surface area contributed by atoms with Gasteiger partial charge in [0.05, 0.1) is 0 Å². The van der Waals surface area contributed by atoms with Crippen molar-refractivity contribution in [1.82, 2.24) is 10.3 Å². The van der Waals surface area contributed by atoms with Crippen LogP contribution >= 0.6 is 0 Å². The lowest BCUT2D eigenvalue weighted by atomic mass is 9.99. The molecule has 1 aliphatic rings. The summed E-state index contributed by atoms with van der Waals surface area (Å²) in [7, 11) is 0. The second kappa shape index (κ2) is 7.27. The molecule has 3 nitrogen and oxygen atoms in total. The van der Waals surface area contributed by atoms with Gasteiger partial charge in [-0.05, 0) is 30.4 Å². The Morgan fingerprint density at radius 1 is 1.37 bits per heavy atom. The first-order valence-electron chi connectivity index (χ1n) is 7.45. The smallest absolute Gasteiger partial charge is 0.220 e. The van der Waals surface area contributed by atoms with Gasteiger partial charge in [0.2, 0.25) is 5.91 Å². The number of nitrogens with zero attached hydrogens (tertiary/aromatic N) is 1. The average molecular weight is 260 g/mol. The molecule has 1 unspecified atom stereocenters. The molecule has 1 aliphatic carbocycles. The molecular weight excluding hydrogens is 236 g/mol. The highest BCUT2D eigenvalue weighted by Crippen LogP contribution is 2.20. The third-order valence-electron chi connectivity index (χ3n) is 3.97. The van der Waals surface area contributed by atoms with E-state index in [1.807, 2.05) is 18.3 Å². The van der Waals surface area contributed by atoms with Crippen molar-refractivity contribution in [1.29, 1.82) is 0 Å². The molecule has 1 atom stereocenters.